The fourth-order valence-electron chi connectivity index (χ4n) is 1.69. The quantitative estimate of drug-likeness (QED) is 0.433. The average molecular weight is 282 g/mol. The Morgan fingerprint density at radius 3 is 2.58 bits per heavy atom. The molecule has 0 spiro atoms. The Bertz CT molecular complexity index is 314. The van der Waals surface area contributed by atoms with Gasteiger partial charge in [-0.15, -0.1) is 11.5 Å². The monoisotopic (exact) mass is 282 g/mol. The van der Waals surface area contributed by atoms with Gasteiger partial charge in [0.25, 0.3) is 0 Å². The summed E-state index contributed by atoms with van der Waals surface area (Å²) in [5.74, 6) is 3.36. The van der Waals surface area contributed by atoms with Gasteiger partial charge in [0.15, 0.2) is 6.29 Å². The third kappa shape index (κ3) is 6.12. The van der Waals surface area contributed by atoms with Crippen LogP contribution in [0.4, 0.5) is 0 Å². The first-order valence-corrected chi connectivity index (χ1v) is 10.6. The Kier molecular flexibility index (Phi) is 6.59. The first-order valence-electron chi connectivity index (χ1n) is 7.56. The molecule has 0 aromatic carbocycles. The fourth-order valence-corrected chi connectivity index (χ4v) is 2.63. The predicted molar refractivity (Wildman–Crippen MR) is 83.8 cm³/mol. The molecule has 0 radical (unpaired) electrons. The van der Waals surface area contributed by atoms with Crippen molar-refractivity contribution >= 4 is 8.07 Å². The third-order valence-corrected chi connectivity index (χ3v) is 8.72. The summed E-state index contributed by atoms with van der Waals surface area (Å²) >= 11 is 0. The van der Waals surface area contributed by atoms with Gasteiger partial charge in [-0.25, -0.2) is 0 Å². The molecule has 19 heavy (non-hydrogen) atoms. The summed E-state index contributed by atoms with van der Waals surface area (Å²) in [4.78, 5) is 0. The Hall–Kier alpha value is -0.303. The van der Waals surface area contributed by atoms with Crippen molar-refractivity contribution in [3.8, 4) is 11.5 Å². The van der Waals surface area contributed by atoms with Gasteiger partial charge in [-0.3, -0.25) is 0 Å². The summed E-state index contributed by atoms with van der Waals surface area (Å²) in [6.45, 7) is 13.2. The number of hydrogen-bond acceptors (Lipinski definition) is 2. The van der Waals surface area contributed by atoms with Gasteiger partial charge in [0.2, 0.25) is 0 Å². The van der Waals surface area contributed by atoms with Crippen LogP contribution in [0, 0.1) is 11.5 Å². The van der Waals surface area contributed by atoms with Crippen LogP contribution in [-0.4, -0.2) is 27.6 Å². The summed E-state index contributed by atoms with van der Waals surface area (Å²) < 4.78 is 11.2. The summed E-state index contributed by atoms with van der Waals surface area (Å²) in [6.07, 6.45) is 5.46. The van der Waals surface area contributed by atoms with E-state index in [1.165, 1.54) is 12.8 Å². The van der Waals surface area contributed by atoms with Crippen LogP contribution < -0.4 is 0 Å². The van der Waals surface area contributed by atoms with Gasteiger partial charge in [-0.05, 0) is 30.7 Å². The highest BCUT2D eigenvalue weighted by Gasteiger charge is 2.33. The van der Waals surface area contributed by atoms with E-state index < -0.39 is 8.07 Å². The molecule has 2 nitrogen and oxygen atoms in total. The molecule has 110 valence electrons. The predicted octanol–water partition coefficient (Wildman–Crippen LogP) is 4.36. The van der Waals surface area contributed by atoms with Crippen molar-refractivity contribution in [1.29, 1.82) is 0 Å². The Morgan fingerprint density at radius 2 is 2.00 bits per heavy atom. The standard InChI is InChI=1S/C16H30O2Si/c1-16(2,3)19(4,5)14-10-6-8-12-17-15-11-7-9-13-18-15/h15H,6-9,11-13H2,1-5H3/t15-/m0/s1. The van der Waals surface area contributed by atoms with E-state index in [2.05, 4.69) is 45.3 Å². The maximum atomic E-state index is 5.70. The molecule has 0 bridgehead atoms. The molecule has 1 heterocycles. The molecule has 0 aromatic heterocycles. The molecular weight excluding hydrogens is 252 g/mol. The van der Waals surface area contributed by atoms with Crippen LogP contribution in [0.1, 0.15) is 52.9 Å². The van der Waals surface area contributed by atoms with E-state index >= 15 is 0 Å². The minimum atomic E-state index is -1.42. The lowest BCUT2D eigenvalue weighted by Crippen LogP contribution is -2.35. The van der Waals surface area contributed by atoms with Crippen molar-refractivity contribution in [3.05, 3.63) is 0 Å². The Labute approximate surface area is 120 Å². The lowest BCUT2D eigenvalue weighted by Gasteiger charge is -2.31. The van der Waals surface area contributed by atoms with Crippen molar-refractivity contribution in [3.63, 3.8) is 0 Å². The van der Waals surface area contributed by atoms with E-state index in [1.54, 1.807) is 0 Å². The second-order valence-corrected chi connectivity index (χ2v) is 11.9. The molecule has 1 rings (SSSR count). The molecule has 1 aliphatic rings. The van der Waals surface area contributed by atoms with Crippen LogP contribution in [0.25, 0.3) is 0 Å². The first kappa shape index (κ1) is 16.8. The molecule has 1 saturated heterocycles. The van der Waals surface area contributed by atoms with Gasteiger partial charge in [-0.1, -0.05) is 33.9 Å². The highest BCUT2D eigenvalue weighted by atomic mass is 28.3. The van der Waals surface area contributed by atoms with E-state index in [0.29, 0.717) is 5.04 Å². The maximum absolute atomic E-state index is 5.70. The van der Waals surface area contributed by atoms with Crippen molar-refractivity contribution in [2.75, 3.05) is 13.2 Å². The van der Waals surface area contributed by atoms with Gasteiger partial charge in [0.1, 0.15) is 8.07 Å². The number of hydrogen-bond donors (Lipinski definition) is 0. The zero-order valence-corrected chi connectivity index (χ0v) is 14.3. The molecule has 1 aliphatic heterocycles. The summed E-state index contributed by atoms with van der Waals surface area (Å²) in [7, 11) is -1.42. The SMILES string of the molecule is CC(C)(C)[Si](C)(C)C#CCCCO[C@@H]1CCCCO1. The van der Waals surface area contributed by atoms with E-state index in [-0.39, 0.29) is 6.29 Å². The largest absolute Gasteiger partial charge is 0.353 e. The molecular formula is C16H30O2Si. The lowest BCUT2D eigenvalue weighted by atomic mass is 10.2. The molecule has 0 saturated carbocycles. The summed E-state index contributed by atoms with van der Waals surface area (Å²) in [5.41, 5.74) is 3.54. The van der Waals surface area contributed by atoms with Crippen molar-refractivity contribution in [2.24, 2.45) is 0 Å². The Balaban J connectivity index is 2.17. The second-order valence-electron chi connectivity index (χ2n) is 6.95. The molecule has 3 heteroatoms. The van der Waals surface area contributed by atoms with E-state index in [4.69, 9.17) is 9.47 Å². The van der Waals surface area contributed by atoms with Crippen LogP contribution in [0.15, 0.2) is 0 Å². The van der Waals surface area contributed by atoms with Gasteiger partial charge in [0.05, 0.1) is 6.61 Å². The van der Waals surface area contributed by atoms with Crippen LogP contribution >= 0.6 is 0 Å². The summed E-state index contributed by atoms with van der Waals surface area (Å²) in [5, 5.41) is 0.354. The normalized spacial score (nSPS) is 20.8. The van der Waals surface area contributed by atoms with Gasteiger partial charge in [0, 0.05) is 13.0 Å². The molecule has 0 aromatic rings. The number of rotatable bonds is 4. The molecule has 1 atom stereocenters. The smallest absolute Gasteiger partial charge is 0.157 e. The fraction of sp³-hybridized carbons (Fsp3) is 0.875. The van der Waals surface area contributed by atoms with Crippen LogP contribution in [0.3, 0.4) is 0 Å². The minimum absolute atomic E-state index is 0.0436. The highest BCUT2D eigenvalue weighted by Crippen LogP contribution is 2.35. The van der Waals surface area contributed by atoms with E-state index in [9.17, 15) is 0 Å². The molecule has 0 amide bonds. The number of ether oxygens (including phenoxy) is 2. The molecule has 0 unspecified atom stereocenters. The third-order valence-electron chi connectivity index (χ3n) is 4.16. The van der Waals surface area contributed by atoms with Gasteiger partial charge >= 0.3 is 0 Å². The van der Waals surface area contributed by atoms with Gasteiger partial charge < -0.3 is 9.47 Å². The van der Waals surface area contributed by atoms with Crippen molar-refractivity contribution in [1.82, 2.24) is 0 Å². The average Bonchev–Trinajstić information content (AvgIpc) is 2.33. The second kappa shape index (κ2) is 7.47. The Morgan fingerprint density at radius 1 is 1.26 bits per heavy atom. The van der Waals surface area contributed by atoms with Crippen molar-refractivity contribution < 1.29 is 9.47 Å². The van der Waals surface area contributed by atoms with Crippen LogP contribution in [0.5, 0.6) is 0 Å². The molecule has 0 N–H and O–H groups in total. The highest BCUT2D eigenvalue weighted by molar-refractivity contribution is 6.87. The summed E-state index contributed by atoms with van der Waals surface area (Å²) in [6, 6.07) is 0. The maximum Gasteiger partial charge on any atom is 0.157 e. The molecule has 1 fully saturated rings. The van der Waals surface area contributed by atoms with Crippen LogP contribution in [0.2, 0.25) is 18.1 Å². The molecule has 0 aliphatic carbocycles. The first-order chi connectivity index (χ1) is 8.83. The minimum Gasteiger partial charge on any atom is -0.353 e. The number of unbranched alkanes of at least 4 members (excludes halogenated alkanes) is 1. The lowest BCUT2D eigenvalue weighted by molar-refractivity contribution is -0.162. The zero-order chi connectivity index (χ0) is 14.4. The van der Waals surface area contributed by atoms with Crippen LogP contribution in [-0.2, 0) is 9.47 Å². The van der Waals surface area contributed by atoms with E-state index in [0.717, 1.165) is 32.5 Å². The topological polar surface area (TPSA) is 18.5 Å². The van der Waals surface area contributed by atoms with E-state index in [1.807, 2.05) is 0 Å². The van der Waals surface area contributed by atoms with Crippen molar-refractivity contribution in [2.45, 2.75) is 77.3 Å². The van der Waals surface area contributed by atoms with Gasteiger partial charge in [-0.2, -0.15) is 0 Å². The zero-order valence-electron chi connectivity index (χ0n) is 13.3.